The second-order valence-corrected chi connectivity index (χ2v) is 5.13. The molecule has 0 radical (unpaired) electrons. The summed E-state index contributed by atoms with van der Waals surface area (Å²) in [6.45, 7) is 0.312. The molecule has 0 aliphatic heterocycles. The fourth-order valence-corrected chi connectivity index (χ4v) is 2.60. The molecule has 4 heteroatoms. The Morgan fingerprint density at radius 3 is 2.75 bits per heavy atom. The number of fused-ring (bicyclic) bond motifs is 1. The van der Waals surface area contributed by atoms with Crippen LogP contribution in [0, 0.1) is 11.3 Å². The normalized spacial score (nSPS) is 12.8. The van der Waals surface area contributed by atoms with Gasteiger partial charge in [-0.05, 0) is 48.6 Å². The van der Waals surface area contributed by atoms with Crippen LogP contribution >= 0.6 is 0 Å². The average Bonchev–Trinajstić information content (AvgIpc) is 2.95. The van der Waals surface area contributed by atoms with E-state index in [9.17, 15) is 0 Å². The third kappa shape index (κ3) is 2.35. The van der Waals surface area contributed by atoms with Crippen LogP contribution in [-0.2, 0) is 12.8 Å². The third-order valence-corrected chi connectivity index (χ3v) is 3.74. The number of aryl methyl sites for hydroxylation is 2. The molecule has 0 spiro atoms. The van der Waals surface area contributed by atoms with Crippen molar-refractivity contribution >= 4 is 5.82 Å². The zero-order valence-corrected chi connectivity index (χ0v) is 11.5. The number of aromatic nitrogens is 2. The minimum atomic E-state index is 0.312. The molecule has 1 heterocycles. The van der Waals surface area contributed by atoms with Crippen LogP contribution in [0.25, 0.3) is 11.3 Å². The van der Waals surface area contributed by atoms with E-state index in [4.69, 9.17) is 5.26 Å². The molecule has 0 atom stereocenters. The van der Waals surface area contributed by atoms with Gasteiger partial charge in [0.25, 0.3) is 0 Å². The second-order valence-electron chi connectivity index (χ2n) is 5.13. The van der Waals surface area contributed by atoms with E-state index in [0.717, 1.165) is 17.1 Å². The topological polar surface area (TPSA) is 52.8 Å². The van der Waals surface area contributed by atoms with Gasteiger partial charge in [-0.2, -0.15) is 5.26 Å². The maximum Gasteiger partial charge on any atom is 0.151 e. The first-order chi connectivity index (χ1) is 9.78. The van der Waals surface area contributed by atoms with Gasteiger partial charge >= 0.3 is 0 Å². The summed E-state index contributed by atoms with van der Waals surface area (Å²) in [6.07, 6.45) is 3.61. The van der Waals surface area contributed by atoms with Crippen LogP contribution in [0.1, 0.15) is 17.5 Å². The van der Waals surface area contributed by atoms with Crippen LogP contribution < -0.4 is 4.90 Å². The predicted octanol–water partition coefficient (Wildman–Crippen LogP) is 2.59. The number of benzene rings is 1. The number of hydrogen-bond acceptors (Lipinski definition) is 4. The predicted molar refractivity (Wildman–Crippen MR) is 78.4 cm³/mol. The van der Waals surface area contributed by atoms with Gasteiger partial charge in [0.2, 0.25) is 0 Å². The van der Waals surface area contributed by atoms with Gasteiger partial charge in [-0.15, -0.1) is 10.2 Å². The first-order valence-corrected chi connectivity index (χ1v) is 6.82. The zero-order chi connectivity index (χ0) is 13.9. The maximum absolute atomic E-state index is 8.68. The highest BCUT2D eigenvalue weighted by Gasteiger charge is 2.12. The van der Waals surface area contributed by atoms with Crippen molar-refractivity contribution < 1.29 is 0 Å². The Morgan fingerprint density at radius 2 is 2.00 bits per heavy atom. The van der Waals surface area contributed by atoms with Gasteiger partial charge in [0.15, 0.2) is 5.82 Å². The number of nitrogens with zero attached hydrogens (tertiary/aromatic N) is 4. The quantitative estimate of drug-likeness (QED) is 0.800. The van der Waals surface area contributed by atoms with Crippen molar-refractivity contribution in [2.24, 2.45) is 0 Å². The molecule has 4 nitrogen and oxygen atoms in total. The summed E-state index contributed by atoms with van der Waals surface area (Å²) in [5, 5.41) is 17.1. The lowest BCUT2D eigenvalue weighted by atomic mass is 10.0. The van der Waals surface area contributed by atoms with E-state index >= 15 is 0 Å². The van der Waals surface area contributed by atoms with Crippen molar-refractivity contribution in [1.29, 1.82) is 5.26 Å². The van der Waals surface area contributed by atoms with Crippen molar-refractivity contribution in [3.63, 3.8) is 0 Å². The number of nitriles is 1. The SMILES string of the molecule is CN(CC#N)c1ccc(-c2ccc3c(c2)CCC3)nn1. The molecule has 0 saturated carbocycles. The van der Waals surface area contributed by atoms with E-state index in [1.165, 1.54) is 30.4 Å². The van der Waals surface area contributed by atoms with E-state index in [2.05, 4.69) is 34.5 Å². The zero-order valence-electron chi connectivity index (χ0n) is 11.5. The van der Waals surface area contributed by atoms with Crippen LogP contribution in [0.15, 0.2) is 30.3 Å². The molecular formula is C16H16N4. The lowest BCUT2D eigenvalue weighted by Gasteiger charge is -2.13. The maximum atomic E-state index is 8.68. The van der Waals surface area contributed by atoms with Gasteiger partial charge in [-0.3, -0.25) is 0 Å². The lowest BCUT2D eigenvalue weighted by molar-refractivity contribution is 0.911. The Balaban J connectivity index is 1.86. The van der Waals surface area contributed by atoms with E-state index < -0.39 is 0 Å². The summed E-state index contributed by atoms with van der Waals surface area (Å²) in [6, 6.07) is 12.5. The molecule has 1 aliphatic carbocycles. The summed E-state index contributed by atoms with van der Waals surface area (Å²) >= 11 is 0. The van der Waals surface area contributed by atoms with E-state index in [1.54, 1.807) is 4.90 Å². The fourth-order valence-electron chi connectivity index (χ4n) is 2.60. The van der Waals surface area contributed by atoms with Crippen LogP contribution in [-0.4, -0.2) is 23.8 Å². The van der Waals surface area contributed by atoms with Gasteiger partial charge in [-0.1, -0.05) is 12.1 Å². The molecule has 0 fully saturated rings. The number of rotatable bonds is 3. The molecule has 0 saturated heterocycles. The number of hydrogen-bond donors (Lipinski definition) is 0. The van der Waals surface area contributed by atoms with Gasteiger partial charge in [0, 0.05) is 12.6 Å². The van der Waals surface area contributed by atoms with Gasteiger partial charge in [0.05, 0.1) is 11.8 Å². The highest BCUT2D eigenvalue weighted by molar-refractivity contribution is 5.62. The van der Waals surface area contributed by atoms with Crippen LogP contribution in [0.4, 0.5) is 5.82 Å². The highest BCUT2D eigenvalue weighted by Crippen LogP contribution is 2.27. The second kappa shape index (κ2) is 5.30. The molecule has 2 aromatic rings. The molecule has 3 rings (SSSR count). The van der Waals surface area contributed by atoms with Gasteiger partial charge in [-0.25, -0.2) is 0 Å². The first-order valence-electron chi connectivity index (χ1n) is 6.82. The first kappa shape index (κ1) is 12.6. The Bertz CT molecular complexity index is 655. The summed E-state index contributed by atoms with van der Waals surface area (Å²) in [5.41, 5.74) is 4.91. The number of anilines is 1. The van der Waals surface area contributed by atoms with Crippen molar-refractivity contribution in [1.82, 2.24) is 10.2 Å². The van der Waals surface area contributed by atoms with E-state index in [-0.39, 0.29) is 0 Å². The molecule has 0 unspecified atom stereocenters. The summed E-state index contributed by atoms with van der Waals surface area (Å²) in [7, 11) is 1.84. The minimum absolute atomic E-state index is 0.312. The van der Waals surface area contributed by atoms with Crippen LogP contribution in [0.5, 0.6) is 0 Å². The average molecular weight is 264 g/mol. The van der Waals surface area contributed by atoms with Crippen molar-refractivity contribution in [3.05, 3.63) is 41.5 Å². The molecule has 0 N–H and O–H groups in total. The minimum Gasteiger partial charge on any atom is -0.345 e. The Morgan fingerprint density at radius 1 is 1.15 bits per heavy atom. The molecule has 1 aromatic heterocycles. The highest BCUT2D eigenvalue weighted by atomic mass is 15.2. The van der Waals surface area contributed by atoms with Crippen LogP contribution in [0.3, 0.4) is 0 Å². The standard InChI is InChI=1S/C16H16N4/c1-20(10-9-17)16-8-7-15(18-19-16)14-6-5-12-3-2-4-13(12)11-14/h5-8,11H,2-4,10H2,1H3. The summed E-state index contributed by atoms with van der Waals surface area (Å²) in [5.74, 6) is 0.719. The van der Waals surface area contributed by atoms with Gasteiger partial charge < -0.3 is 4.90 Å². The summed E-state index contributed by atoms with van der Waals surface area (Å²) < 4.78 is 0. The van der Waals surface area contributed by atoms with Crippen molar-refractivity contribution in [2.75, 3.05) is 18.5 Å². The van der Waals surface area contributed by atoms with E-state index in [1.807, 2.05) is 19.2 Å². The third-order valence-electron chi connectivity index (χ3n) is 3.74. The molecule has 1 aliphatic rings. The largest absolute Gasteiger partial charge is 0.345 e. The van der Waals surface area contributed by atoms with Gasteiger partial charge in [0.1, 0.15) is 6.54 Å². The van der Waals surface area contributed by atoms with Crippen molar-refractivity contribution in [2.45, 2.75) is 19.3 Å². The Labute approximate surface area is 118 Å². The molecule has 20 heavy (non-hydrogen) atoms. The lowest BCUT2D eigenvalue weighted by Crippen LogP contribution is -2.18. The Kier molecular flexibility index (Phi) is 3.34. The molecule has 0 bridgehead atoms. The Hall–Kier alpha value is -2.41. The van der Waals surface area contributed by atoms with Crippen molar-refractivity contribution in [3.8, 4) is 17.3 Å². The molecule has 1 aromatic carbocycles. The van der Waals surface area contributed by atoms with Crippen LogP contribution in [0.2, 0.25) is 0 Å². The fraction of sp³-hybridized carbons (Fsp3) is 0.312. The molecule has 100 valence electrons. The smallest absolute Gasteiger partial charge is 0.151 e. The molecule has 0 amide bonds. The molecular weight excluding hydrogens is 248 g/mol. The van der Waals surface area contributed by atoms with E-state index in [0.29, 0.717) is 6.54 Å². The monoisotopic (exact) mass is 264 g/mol. The summed E-state index contributed by atoms with van der Waals surface area (Å²) in [4.78, 5) is 1.78.